The molecule has 0 saturated carbocycles. The zero-order valence-corrected chi connectivity index (χ0v) is 18.0. The highest BCUT2D eigenvalue weighted by atomic mass is 32.1. The van der Waals surface area contributed by atoms with E-state index in [1.807, 2.05) is 27.7 Å². The Bertz CT molecular complexity index is 863. The highest BCUT2D eigenvalue weighted by molar-refractivity contribution is 7.13. The Morgan fingerprint density at radius 1 is 1.14 bits per heavy atom. The molecule has 0 aliphatic rings. The van der Waals surface area contributed by atoms with E-state index in [0.717, 1.165) is 28.0 Å². The van der Waals surface area contributed by atoms with E-state index >= 15 is 0 Å². The molecule has 28 heavy (non-hydrogen) atoms. The second-order valence-electron chi connectivity index (χ2n) is 8.08. The van der Waals surface area contributed by atoms with Crippen LogP contribution in [0.1, 0.15) is 79.8 Å². The van der Waals surface area contributed by atoms with E-state index in [4.69, 9.17) is 0 Å². The number of aliphatic imine (C=N–C) groups is 1. The first-order valence-electron chi connectivity index (χ1n) is 9.31. The van der Waals surface area contributed by atoms with Gasteiger partial charge in [-0.3, -0.25) is 4.79 Å². The summed E-state index contributed by atoms with van der Waals surface area (Å²) in [4.78, 5) is 17.0. The minimum Gasteiger partial charge on any atom is -0.385 e. The Hall–Kier alpha value is -1.92. The Morgan fingerprint density at radius 2 is 1.68 bits per heavy atom. The number of carbonyl (C=O) groups is 1. The molecule has 1 aromatic heterocycles. The fourth-order valence-electron chi connectivity index (χ4n) is 3.01. The molecular weight excluding hydrogens is 380 g/mol. The summed E-state index contributed by atoms with van der Waals surface area (Å²) in [5, 5.41) is 9.99. The second kappa shape index (κ2) is 8.62. The van der Waals surface area contributed by atoms with Crippen molar-refractivity contribution in [2.75, 3.05) is 0 Å². The summed E-state index contributed by atoms with van der Waals surface area (Å²) in [7, 11) is 0. The molecule has 6 heteroatoms. The van der Waals surface area contributed by atoms with Crippen molar-refractivity contribution in [1.29, 1.82) is 0 Å². The molecule has 0 radical (unpaired) electrons. The summed E-state index contributed by atoms with van der Waals surface area (Å²) in [6, 6.07) is 4.19. The van der Waals surface area contributed by atoms with Gasteiger partial charge in [-0.1, -0.05) is 27.7 Å². The monoisotopic (exact) mass is 407 g/mol. The molecule has 0 aliphatic heterocycles. The summed E-state index contributed by atoms with van der Waals surface area (Å²) in [5.41, 5.74) is 1.21. The zero-order valence-electron chi connectivity index (χ0n) is 17.1. The number of nitrogens with zero attached hydrogens (tertiary/aromatic N) is 1. The number of benzene rings is 1. The van der Waals surface area contributed by atoms with Crippen LogP contribution in [0.15, 0.2) is 23.2 Å². The number of rotatable bonds is 6. The first-order chi connectivity index (χ1) is 12.9. The molecule has 3 nitrogen and oxygen atoms in total. The maximum Gasteiger partial charge on any atom is 0.250 e. The first kappa shape index (κ1) is 22.4. The van der Waals surface area contributed by atoms with Gasteiger partial charge in [-0.05, 0) is 60.6 Å². The molecular formula is C22H27F2NO2S. The third-order valence-electron chi connectivity index (χ3n) is 4.50. The number of carbonyl (C=O) groups excluding carboxylic acids is 1. The number of hydrogen-bond donors (Lipinski definition) is 1. The molecule has 0 saturated heterocycles. The Balaban J connectivity index is 2.31. The SMILES string of the molecule is CC(C)c1cc(F)cc(C(C)C)c1CC(=O)N=Cc1sc(C(C)(C)O)cc1F. The Kier molecular flexibility index (Phi) is 6.88. The molecule has 0 fully saturated rings. The lowest BCUT2D eigenvalue weighted by atomic mass is 9.87. The van der Waals surface area contributed by atoms with Gasteiger partial charge < -0.3 is 5.11 Å². The highest BCUT2D eigenvalue weighted by Crippen LogP contribution is 2.31. The van der Waals surface area contributed by atoms with Crippen LogP contribution in [0.2, 0.25) is 0 Å². The van der Waals surface area contributed by atoms with Crippen LogP contribution < -0.4 is 0 Å². The van der Waals surface area contributed by atoms with Crippen molar-refractivity contribution in [1.82, 2.24) is 0 Å². The lowest BCUT2D eigenvalue weighted by molar-refractivity contribution is -0.117. The van der Waals surface area contributed by atoms with Crippen molar-refractivity contribution in [3.05, 3.63) is 56.3 Å². The van der Waals surface area contributed by atoms with Crippen molar-refractivity contribution in [3.63, 3.8) is 0 Å². The van der Waals surface area contributed by atoms with Gasteiger partial charge in [-0.25, -0.2) is 13.8 Å². The third-order valence-corrected chi connectivity index (χ3v) is 5.86. The average Bonchev–Trinajstić information content (AvgIpc) is 2.95. The van der Waals surface area contributed by atoms with Crippen LogP contribution in [0, 0.1) is 11.6 Å². The van der Waals surface area contributed by atoms with E-state index in [-0.39, 0.29) is 29.0 Å². The van der Waals surface area contributed by atoms with Gasteiger partial charge in [0, 0.05) is 4.88 Å². The van der Waals surface area contributed by atoms with Crippen LogP contribution >= 0.6 is 11.3 Å². The highest BCUT2D eigenvalue weighted by Gasteiger charge is 2.22. The number of halogens is 2. The quantitative estimate of drug-likeness (QED) is 0.626. The molecule has 1 amide bonds. The smallest absolute Gasteiger partial charge is 0.250 e. The van der Waals surface area contributed by atoms with E-state index in [2.05, 4.69) is 4.99 Å². The van der Waals surface area contributed by atoms with Crippen molar-refractivity contribution in [2.45, 2.75) is 65.4 Å². The van der Waals surface area contributed by atoms with Crippen molar-refractivity contribution < 1.29 is 18.7 Å². The average molecular weight is 408 g/mol. The fraction of sp³-hybridized carbons (Fsp3) is 0.455. The van der Waals surface area contributed by atoms with Gasteiger partial charge in [0.25, 0.3) is 0 Å². The van der Waals surface area contributed by atoms with Gasteiger partial charge in [0.2, 0.25) is 5.91 Å². The van der Waals surface area contributed by atoms with E-state index in [1.54, 1.807) is 13.8 Å². The van der Waals surface area contributed by atoms with E-state index in [0.29, 0.717) is 4.88 Å². The minimum absolute atomic E-state index is 0.0309. The molecule has 0 bridgehead atoms. The van der Waals surface area contributed by atoms with E-state index in [1.165, 1.54) is 24.4 Å². The molecule has 0 atom stereocenters. The summed E-state index contributed by atoms with van der Waals surface area (Å²) in [6.45, 7) is 11.0. The van der Waals surface area contributed by atoms with E-state index in [9.17, 15) is 18.7 Å². The summed E-state index contributed by atoms with van der Waals surface area (Å²) in [5.74, 6) is -1.14. The van der Waals surface area contributed by atoms with Crippen molar-refractivity contribution in [2.24, 2.45) is 4.99 Å². The summed E-state index contributed by atoms with van der Waals surface area (Å²) in [6.07, 6.45) is 1.23. The van der Waals surface area contributed by atoms with Crippen molar-refractivity contribution >= 4 is 23.5 Å². The van der Waals surface area contributed by atoms with E-state index < -0.39 is 17.3 Å². The molecule has 1 aromatic carbocycles. The summed E-state index contributed by atoms with van der Waals surface area (Å²) < 4.78 is 28.1. The van der Waals surface area contributed by atoms with Crippen LogP contribution in [0.25, 0.3) is 0 Å². The van der Waals surface area contributed by atoms with Crippen LogP contribution in [0.5, 0.6) is 0 Å². The number of hydrogen-bond acceptors (Lipinski definition) is 3. The zero-order chi connectivity index (χ0) is 21.2. The van der Waals surface area contributed by atoms with Crippen LogP contribution in [0.4, 0.5) is 8.78 Å². The van der Waals surface area contributed by atoms with Gasteiger partial charge >= 0.3 is 0 Å². The van der Waals surface area contributed by atoms with Gasteiger partial charge in [0.05, 0.1) is 23.1 Å². The molecule has 1 N–H and O–H groups in total. The van der Waals surface area contributed by atoms with Crippen LogP contribution in [0.3, 0.4) is 0 Å². The molecule has 152 valence electrons. The normalized spacial score (nSPS) is 12.5. The molecule has 1 heterocycles. The number of thiophene rings is 1. The molecule has 0 unspecified atom stereocenters. The molecule has 2 aromatic rings. The van der Waals surface area contributed by atoms with Gasteiger partial charge in [0.15, 0.2) is 0 Å². The van der Waals surface area contributed by atoms with Crippen molar-refractivity contribution in [3.8, 4) is 0 Å². The standard InChI is InChI=1S/C22H27F2NO2S/c1-12(2)15-7-14(23)8-16(13(3)4)17(15)9-21(26)25-11-19-18(24)10-20(28-19)22(5,6)27/h7-8,10-13,27H,9H2,1-6H3. The minimum atomic E-state index is -1.16. The van der Waals surface area contributed by atoms with Crippen LogP contribution in [-0.4, -0.2) is 17.2 Å². The number of amides is 1. The fourth-order valence-corrected chi connectivity index (χ4v) is 3.92. The topological polar surface area (TPSA) is 49.7 Å². The maximum absolute atomic E-state index is 14.1. The second-order valence-corrected chi connectivity index (χ2v) is 9.17. The molecule has 2 rings (SSSR count). The summed E-state index contributed by atoms with van der Waals surface area (Å²) >= 11 is 1.06. The Morgan fingerprint density at radius 3 is 2.11 bits per heavy atom. The van der Waals surface area contributed by atoms with Gasteiger partial charge in [-0.2, -0.15) is 0 Å². The van der Waals surface area contributed by atoms with Gasteiger partial charge in [0.1, 0.15) is 11.6 Å². The first-order valence-corrected chi connectivity index (χ1v) is 10.1. The Labute approximate surface area is 169 Å². The lowest BCUT2D eigenvalue weighted by Crippen LogP contribution is -2.12. The predicted octanol–water partition coefficient (Wildman–Crippen LogP) is 5.69. The predicted molar refractivity (Wildman–Crippen MR) is 110 cm³/mol. The van der Waals surface area contributed by atoms with Crippen LogP contribution in [-0.2, 0) is 16.8 Å². The third kappa shape index (κ3) is 5.32. The van der Waals surface area contributed by atoms with Gasteiger partial charge in [-0.15, -0.1) is 11.3 Å². The largest absolute Gasteiger partial charge is 0.385 e. The lowest BCUT2D eigenvalue weighted by Gasteiger charge is -2.19. The number of aliphatic hydroxyl groups is 1. The molecule has 0 spiro atoms. The maximum atomic E-state index is 14.1. The molecule has 0 aliphatic carbocycles.